The van der Waals surface area contributed by atoms with Crippen LogP contribution in [-0.4, -0.2) is 14.1 Å². The molecule has 3 heterocycles. The van der Waals surface area contributed by atoms with Crippen molar-refractivity contribution >= 4 is 55.0 Å². The van der Waals surface area contributed by atoms with Crippen LogP contribution in [0.15, 0.2) is 158 Å². The summed E-state index contributed by atoms with van der Waals surface area (Å²) in [5, 5.41) is 34.4. The molecule has 8 heteroatoms. The van der Waals surface area contributed by atoms with Gasteiger partial charge in [0.1, 0.15) is 0 Å². The van der Waals surface area contributed by atoms with Gasteiger partial charge in [0.15, 0.2) is 11.4 Å². The van der Waals surface area contributed by atoms with E-state index in [-0.39, 0.29) is 0 Å². The third kappa shape index (κ3) is 5.38. The van der Waals surface area contributed by atoms with Gasteiger partial charge in [0.25, 0.3) is 0 Å². The number of aromatic nitrogens is 3. The van der Waals surface area contributed by atoms with E-state index < -0.39 is 0 Å². The molecular weight excluding hydrogens is 737 g/mol. The first-order valence-corrected chi connectivity index (χ1v) is 18.9. The van der Waals surface area contributed by atoms with E-state index in [1.165, 1.54) is 0 Å². The minimum absolute atomic E-state index is 0.395. The number of benzene rings is 7. The Morgan fingerprint density at radius 3 is 1.63 bits per heavy atom. The first-order valence-electron chi connectivity index (χ1n) is 18.9. The molecule has 0 N–H and O–H groups in total. The van der Waals surface area contributed by atoms with Gasteiger partial charge < -0.3 is 9.13 Å². The summed E-state index contributed by atoms with van der Waals surface area (Å²) in [6.07, 6.45) is 3.68. The minimum Gasteiger partial charge on any atom is -0.307 e. The normalized spacial score (nSPS) is 10.9. The third-order valence-corrected chi connectivity index (χ3v) is 11.2. The molecule has 3 aromatic heterocycles. The predicted octanol–water partition coefficient (Wildman–Crippen LogP) is 13.0. The zero-order valence-corrected chi connectivity index (χ0v) is 31.6. The molecule has 0 amide bonds. The van der Waals surface area contributed by atoms with Crippen molar-refractivity contribution < 1.29 is 0 Å². The van der Waals surface area contributed by atoms with E-state index in [1.807, 2.05) is 85.2 Å². The average molecular weight is 763 g/mol. The molecule has 8 nitrogen and oxygen atoms in total. The van der Waals surface area contributed by atoms with Gasteiger partial charge in [-0.1, -0.05) is 103 Å². The van der Waals surface area contributed by atoms with Gasteiger partial charge in [-0.3, -0.25) is 4.98 Å². The highest BCUT2D eigenvalue weighted by Gasteiger charge is 2.24. The Morgan fingerprint density at radius 2 is 1.03 bits per heavy atom. The van der Waals surface area contributed by atoms with Crippen LogP contribution < -0.4 is 0 Å². The second-order valence-electron chi connectivity index (χ2n) is 14.3. The smallest absolute Gasteiger partial charge is 0.184 e. The highest BCUT2D eigenvalue weighted by atomic mass is 15.0. The van der Waals surface area contributed by atoms with E-state index in [2.05, 4.69) is 85.6 Å². The monoisotopic (exact) mass is 762 g/mol. The molecule has 0 radical (unpaired) electrons. The molecule has 274 valence electrons. The van der Waals surface area contributed by atoms with E-state index in [4.69, 9.17) is 18.1 Å². The van der Waals surface area contributed by atoms with Crippen LogP contribution in [0.2, 0.25) is 0 Å². The van der Waals surface area contributed by atoms with Crippen LogP contribution >= 0.6 is 0 Å². The Bertz CT molecular complexity index is 3470. The summed E-state index contributed by atoms with van der Waals surface area (Å²) in [6, 6.07) is 53.5. The van der Waals surface area contributed by atoms with E-state index in [9.17, 15) is 15.8 Å². The Hall–Kier alpha value is -9.26. The molecule has 0 unspecified atom stereocenters. The SMILES string of the molecule is [C-]#[N+]c1ccc(-c2ccc3c4ccccc4n(-c4cncc(-n5c6ccccc6c6ccc(-c7ccc(C#N)cc7C#N)cc65)c4-c4ccccc4C#N)c3c2)c([N+]#[C-])c1. The molecule has 0 fully saturated rings. The minimum atomic E-state index is 0.395. The number of pyridine rings is 1. The highest BCUT2D eigenvalue weighted by molar-refractivity contribution is 6.13. The zero-order valence-electron chi connectivity index (χ0n) is 31.6. The maximum absolute atomic E-state index is 10.6. The van der Waals surface area contributed by atoms with Gasteiger partial charge >= 0.3 is 0 Å². The van der Waals surface area contributed by atoms with Gasteiger partial charge in [-0.05, 0) is 64.7 Å². The van der Waals surface area contributed by atoms with Crippen molar-refractivity contribution in [3.8, 4) is 63.0 Å². The summed E-state index contributed by atoms with van der Waals surface area (Å²) < 4.78 is 4.37. The van der Waals surface area contributed by atoms with E-state index in [1.54, 1.807) is 24.3 Å². The number of fused-ring (bicyclic) bond motifs is 6. The van der Waals surface area contributed by atoms with E-state index >= 15 is 0 Å². The van der Waals surface area contributed by atoms with Crippen molar-refractivity contribution in [2.75, 3.05) is 0 Å². The first-order chi connectivity index (χ1) is 29.5. The molecule has 0 atom stereocenters. The second kappa shape index (κ2) is 14.0. The van der Waals surface area contributed by atoms with Crippen molar-refractivity contribution in [2.45, 2.75) is 0 Å². The third-order valence-electron chi connectivity index (χ3n) is 11.2. The Morgan fingerprint density at radius 1 is 0.467 bits per heavy atom. The van der Waals surface area contributed by atoms with Crippen molar-refractivity contribution in [1.29, 1.82) is 15.8 Å². The molecule has 10 aromatic rings. The Kier molecular flexibility index (Phi) is 8.23. The van der Waals surface area contributed by atoms with Crippen LogP contribution in [0.5, 0.6) is 0 Å². The molecule has 60 heavy (non-hydrogen) atoms. The Labute approximate surface area is 344 Å². The van der Waals surface area contributed by atoms with Crippen LogP contribution in [0.1, 0.15) is 16.7 Å². The molecule has 0 spiro atoms. The van der Waals surface area contributed by atoms with Crippen molar-refractivity contribution in [2.24, 2.45) is 0 Å². The van der Waals surface area contributed by atoms with Crippen molar-refractivity contribution in [3.05, 3.63) is 198 Å². The lowest BCUT2D eigenvalue weighted by Crippen LogP contribution is -2.05. The molecular formula is C52H26N8. The van der Waals surface area contributed by atoms with Gasteiger partial charge in [0, 0.05) is 32.7 Å². The van der Waals surface area contributed by atoms with Gasteiger partial charge in [-0.25, -0.2) is 9.69 Å². The van der Waals surface area contributed by atoms with Gasteiger partial charge in [0.2, 0.25) is 0 Å². The summed E-state index contributed by atoms with van der Waals surface area (Å²) in [4.78, 5) is 12.3. The lowest BCUT2D eigenvalue weighted by Gasteiger charge is -2.20. The lowest BCUT2D eigenvalue weighted by atomic mass is 9.97. The molecule has 0 aliphatic carbocycles. The lowest BCUT2D eigenvalue weighted by molar-refractivity contribution is 1.09. The summed E-state index contributed by atoms with van der Waals surface area (Å²) in [5.41, 5.74) is 11.8. The summed E-state index contributed by atoms with van der Waals surface area (Å²) in [7, 11) is 0. The Balaban J connectivity index is 1.32. The van der Waals surface area contributed by atoms with Crippen molar-refractivity contribution in [3.63, 3.8) is 0 Å². The van der Waals surface area contributed by atoms with Gasteiger partial charge in [-0.15, -0.1) is 0 Å². The zero-order chi connectivity index (χ0) is 40.9. The van der Waals surface area contributed by atoms with Crippen molar-refractivity contribution in [1.82, 2.24) is 14.1 Å². The first kappa shape index (κ1) is 35.2. The van der Waals surface area contributed by atoms with Crippen LogP contribution in [0, 0.1) is 47.1 Å². The number of rotatable bonds is 5. The number of nitrogens with zero attached hydrogens (tertiary/aromatic N) is 8. The van der Waals surface area contributed by atoms with Crippen LogP contribution in [0.3, 0.4) is 0 Å². The molecule has 10 rings (SSSR count). The highest BCUT2D eigenvalue weighted by Crippen LogP contribution is 2.44. The topological polar surface area (TPSA) is 103 Å². The number of para-hydroxylation sites is 2. The molecule has 0 bridgehead atoms. The standard InChI is InChI=1S/C52H26N8/c1-56-37-18-22-39(45(26-37)57-2)34-17-21-44-42-12-6-8-14-47(42)60(49(44)25-34)51-31-58-30-50(52(51)40-10-4-3-9-35(40)28-54)59-46-13-7-5-11-41(46)43-20-16-33(24-48(43)59)38-19-15-32(27-53)23-36(38)29-55/h3-26,30-31H. The fraction of sp³-hybridized carbons (Fsp3) is 0. The van der Waals surface area contributed by atoms with Crippen LogP contribution in [0.4, 0.5) is 11.4 Å². The van der Waals surface area contributed by atoms with E-state index in [0.717, 1.165) is 82.8 Å². The van der Waals surface area contributed by atoms with Gasteiger partial charge in [0.05, 0.1) is 93.9 Å². The summed E-state index contributed by atoms with van der Waals surface area (Å²) in [5.74, 6) is 0. The molecule has 0 saturated carbocycles. The van der Waals surface area contributed by atoms with Crippen LogP contribution in [0.25, 0.3) is 98.1 Å². The molecule has 0 aliphatic heterocycles. The summed E-state index contributed by atoms with van der Waals surface area (Å²) >= 11 is 0. The number of hydrogen-bond donors (Lipinski definition) is 0. The predicted molar refractivity (Wildman–Crippen MR) is 236 cm³/mol. The molecule has 7 aromatic carbocycles. The number of hydrogen-bond acceptors (Lipinski definition) is 4. The number of nitriles is 3. The average Bonchev–Trinajstić information content (AvgIpc) is 3.82. The maximum atomic E-state index is 10.6. The second-order valence-corrected chi connectivity index (χ2v) is 14.3. The fourth-order valence-electron chi connectivity index (χ4n) is 8.53. The maximum Gasteiger partial charge on any atom is 0.184 e. The largest absolute Gasteiger partial charge is 0.307 e. The van der Waals surface area contributed by atoms with Gasteiger partial charge in [-0.2, -0.15) is 15.8 Å². The van der Waals surface area contributed by atoms with Crippen LogP contribution in [-0.2, 0) is 0 Å². The molecule has 0 saturated heterocycles. The molecule has 0 aliphatic rings. The summed E-state index contributed by atoms with van der Waals surface area (Å²) in [6.45, 7) is 15.5. The van der Waals surface area contributed by atoms with E-state index in [0.29, 0.717) is 33.6 Å². The fourth-order valence-corrected chi connectivity index (χ4v) is 8.53. The quantitative estimate of drug-likeness (QED) is 0.163.